The van der Waals surface area contributed by atoms with Gasteiger partial charge >= 0.3 is 6.18 Å². The van der Waals surface area contributed by atoms with Gasteiger partial charge in [-0.1, -0.05) is 12.1 Å². The molecule has 1 heterocycles. The number of hydrogen-bond donors (Lipinski definition) is 0. The second kappa shape index (κ2) is 4.83. The smallest absolute Gasteiger partial charge is 0.296 e. The lowest BCUT2D eigenvalue weighted by Crippen LogP contribution is -2.06. The minimum absolute atomic E-state index is 0.197. The standard InChI is InChI=1S/C12H10F3N3O/c1-2-11-10(7-19)16-17-18(11)9-5-3-8(4-6-9)12(13,14)15/h3-7H,2H2,1H3. The topological polar surface area (TPSA) is 47.8 Å². The van der Waals surface area contributed by atoms with Crippen molar-refractivity contribution in [2.45, 2.75) is 19.5 Å². The molecule has 0 aliphatic heterocycles. The third-order valence-corrected chi connectivity index (χ3v) is 2.68. The first-order valence-electron chi connectivity index (χ1n) is 5.54. The maximum absolute atomic E-state index is 12.4. The highest BCUT2D eigenvalue weighted by atomic mass is 19.4. The van der Waals surface area contributed by atoms with Crippen LogP contribution in [0.15, 0.2) is 24.3 Å². The van der Waals surface area contributed by atoms with Crippen molar-refractivity contribution in [3.05, 3.63) is 41.2 Å². The highest BCUT2D eigenvalue weighted by Gasteiger charge is 2.30. The van der Waals surface area contributed by atoms with Crippen molar-refractivity contribution in [3.8, 4) is 5.69 Å². The molecule has 0 spiro atoms. The number of rotatable bonds is 3. The van der Waals surface area contributed by atoms with Gasteiger partial charge in [-0.25, -0.2) is 4.68 Å². The Morgan fingerprint density at radius 1 is 1.26 bits per heavy atom. The van der Waals surface area contributed by atoms with Crippen molar-refractivity contribution >= 4 is 6.29 Å². The number of aromatic nitrogens is 3. The number of carbonyl (C=O) groups is 1. The van der Waals surface area contributed by atoms with Gasteiger partial charge in [0.15, 0.2) is 6.29 Å². The van der Waals surface area contributed by atoms with Crippen molar-refractivity contribution in [1.82, 2.24) is 15.0 Å². The molecule has 0 atom stereocenters. The monoisotopic (exact) mass is 269 g/mol. The minimum atomic E-state index is -4.37. The Kier molecular flexibility index (Phi) is 3.37. The van der Waals surface area contributed by atoms with Crippen molar-refractivity contribution < 1.29 is 18.0 Å². The molecular formula is C12H10F3N3O. The quantitative estimate of drug-likeness (QED) is 0.805. The Hall–Kier alpha value is -2.18. The number of benzene rings is 1. The predicted molar refractivity (Wildman–Crippen MR) is 61.1 cm³/mol. The van der Waals surface area contributed by atoms with E-state index in [0.29, 0.717) is 24.1 Å². The molecule has 0 unspecified atom stereocenters. The van der Waals surface area contributed by atoms with Crippen molar-refractivity contribution in [2.24, 2.45) is 0 Å². The first-order valence-corrected chi connectivity index (χ1v) is 5.54. The summed E-state index contributed by atoms with van der Waals surface area (Å²) < 4.78 is 38.7. The van der Waals surface area contributed by atoms with Gasteiger partial charge in [-0.05, 0) is 30.7 Å². The van der Waals surface area contributed by atoms with E-state index >= 15 is 0 Å². The van der Waals surface area contributed by atoms with Crippen LogP contribution in [0.3, 0.4) is 0 Å². The molecule has 0 amide bonds. The molecular weight excluding hydrogens is 259 g/mol. The van der Waals surface area contributed by atoms with Crippen LogP contribution < -0.4 is 0 Å². The highest BCUT2D eigenvalue weighted by Crippen LogP contribution is 2.29. The molecule has 0 fully saturated rings. The lowest BCUT2D eigenvalue weighted by molar-refractivity contribution is -0.137. The zero-order chi connectivity index (χ0) is 14.0. The molecule has 19 heavy (non-hydrogen) atoms. The summed E-state index contributed by atoms with van der Waals surface area (Å²) in [5, 5.41) is 7.45. The fraction of sp³-hybridized carbons (Fsp3) is 0.250. The minimum Gasteiger partial charge on any atom is -0.296 e. The third-order valence-electron chi connectivity index (χ3n) is 2.68. The molecule has 0 aliphatic rings. The third kappa shape index (κ3) is 2.49. The van der Waals surface area contributed by atoms with Gasteiger partial charge in [0.25, 0.3) is 0 Å². The van der Waals surface area contributed by atoms with Gasteiger partial charge in [0, 0.05) is 0 Å². The van der Waals surface area contributed by atoms with Crippen molar-refractivity contribution in [2.75, 3.05) is 0 Å². The van der Waals surface area contributed by atoms with E-state index in [4.69, 9.17) is 0 Å². The number of carbonyl (C=O) groups excluding carboxylic acids is 1. The molecule has 7 heteroatoms. The molecule has 2 aromatic rings. The Labute approximate surface area is 106 Å². The van der Waals surface area contributed by atoms with Crippen LogP contribution in [0.2, 0.25) is 0 Å². The van der Waals surface area contributed by atoms with Crippen molar-refractivity contribution in [3.63, 3.8) is 0 Å². The molecule has 1 aromatic carbocycles. The molecule has 0 bridgehead atoms. The van der Waals surface area contributed by atoms with E-state index in [9.17, 15) is 18.0 Å². The van der Waals surface area contributed by atoms with E-state index < -0.39 is 11.7 Å². The number of halogens is 3. The summed E-state index contributed by atoms with van der Waals surface area (Å²) in [5.41, 5.74) is 0.465. The number of nitrogens with zero attached hydrogens (tertiary/aromatic N) is 3. The van der Waals surface area contributed by atoms with Gasteiger partial charge in [-0.3, -0.25) is 4.79 Å². The summed E-state index contributed by atoms with van der Waals surface area (Å²) in [6.45, 7) is 1.81. The van der Waals surface area contributed by atoms with E-state index in [1.54, 1.807) is 0 Å². The Morgan fingerprint density at radius 3 is 2.37 bits per heavy atom. The SMILES string of the molecule is CCc1c(C=O)nnn1-c1ccc(C(F)(F)F)cc1. The fourth-order valence-electron chi connectivity index (χ4n) is 1.73. The number of hydrogen-bond acceptors (Lipinski definition) is 3. The molecule has 2 rings (SSSR count). The number of alkyl halides is 3. The molecule has 0 saturated heterocycles. The summed E-state index contributed by atoms with van der Waals surface area (Å²) in [6, 6.07) is 4.53. The molecule has 100 valence electrons. The molecule has 0 radical (unpaired) electrons. The maximum Gasteiger partial charge on any atom is 0.416 e. The van der Waals surface area contributed by atoms with Gasteiger partial charge in [-0.2, -0.15) is 13.2 Å². The second-order valence-corrected chi connectivity index (χ2v) is 3.85. The van der Waals surface area contributed by atoms with Gasteiger partial charge in [0.1, 0.15) is 5.69 Å². The van der Waals surface area contributed by atoms with Crippen LogP contribution in [0.25, 0.3) is 5.69 Å². The molecule has 1 aromatic heterocycles. The molecule has 0 N–H and O–H groups in total. The normalized spacial score (nSPS) is 11.6. The van der Waals surface area contributed by atoms with Crippen LogP contribution >= 0.6 is 0 Å². The van der Waals surface area contributed by atoms with Crippen LogP contribution in [0.1, 0.15) is 28.7 Å². The highest BCUT2D eigenvalue weighted by molar-refractivity contribution is 5.73. The lowest BCUT2D eigenvalue weighted by atomic mass is 10.2. The zero-order valence-electron chi connectivity index (χ0n) is 9.98. The maximum atomic E-state index is 12.4. The average molecular weight is 269 g/mol. The van der Waals surface area contributed by atoms with E-state index in [1.165, 1.54) is 16.8 Å². The van der Waals surface area contributed by atoms with Crippen LogP contribution in [-0.4, -0.2) is 21.3 Å². The summed E-state index contributed by atoms with van der Waals surface area (Å²) in [4.78, 5) is 10.8. The second-order valence-electron chi connectivity index (χ2n) is 3.85. The first kappa shape index (κ1) is 13.3. The zero-order valence-corrected chi connectivity index (χ0v) is 9.98. The Balaban J connectivity index is 2.43. The van der Waals surface area contributed by atoms with Crippen LogP contribution in [0.5, 0.6) is 0 Å². The van der Waals surface area contributed by atoms with Gasteiger partial charge in [0.2, 0.25) is 0 Å². The van der Waals surface area contributed by atoms with E-state index in [0.717, 1.165) is 12.1 Å². The van der Waals surface area contributed by atoms with Gasteiger partial charge < -0.3 is 0 Å². The van der Waals surface area contributed by atoms with E-state index in [1.807, 2.05) is 6.92 Å². The lowest BCUT2D eigenvalue weighted by Gasteiger charge is -2.08. The summed E-state index contributed by atoms with van der Waals surface area (Å²) >= 11 is 0. The average Bonchev–Trinajstić information content (AvgIpc) is 2.80. The molecule has 0 aliphatic carbocycles. The molecule has 4 nitrogen and oxygen atoms in total. The van der Waals surface area contributed by atoms with E-state index in [2.05, 4.69) is 10.3 Å². The number of aldehydes is 1. The Morgan fingerprint density at radius 2 is 1.89 bits per heavy atom. The first-order chi connectivity index (χ1) is 8.97. The fourth-order valence-corrected chi connectivity index (χ4v) is 1.73. The summed E-state index contributed by atoms with van der Waals surface area (Å²) in [5.74, 6) is 0. The van der Waals surface area contributed by atoms with E-state index in [-0.39, 0.29) is 5.69 Å². The largest absolute Gasteiger partial charge is 0.416 e. The van der Waals surface area contributed by atoms with Crippen molar-refractivity contribution in [1.29, 1.82) is 0 Å². The summed E-state index contributed by atoms with van der Waals surface area (Å²) in [6.07, 6.45) is -3.29. The van der Waals surface area contributed by atoms with Gasteiger partial charge in [-0.15, -0.1) is 5.10 Å². The van der Waals surface area contributed by atoms with Crippen LogP contribution in [0.4, 0.5) is 13.2 Å². The van der Waals surface area contributed by atoms with Gasteiger partial charge in [0.05, 0.1) is 16.9 Å². The summed E-state index contributed by atoms with van der Waals surface area (Å²) in [7, 11) is 0. The molecule has 0 saturated carbocycles. The van der Waals surface area contributed by atoms with Crippen LogP contribution in [0, 0.1) is 0 Å². The Bertz CT molecular complexity index is 587. The predicted octanol–water partition coefficient (Wildman–Crippen LogP) is 2.66. The van der Waals surface area contributed by atoms with Crippen LogP contribution in [-0.2, 0) is 12.6 Å².